The van der Waals surface area contributed by atoms with E-state index in [0.29, 0.717) is 0 Å². The number of carbonyl (C=O) groups excluding carboxylic acids is 2. The molecule has 138 valence electrons. The molecule has 1 heterocycles. The highest BCUT2D eigenvalue weighted by Gasteiger charge is 2.55. The first-order valence-electron chi connectivity index (χ1n) is 8.07. The molecule has 9 heteroatoms. The van der Waals surface area contributed by atoms with Crippen LogP contribution in [0, 0.1) is 0 Å². The Morgan fingerprint density at radius 3 is 2.33 bits per heavy atom. The third kappa shape index (κ3) is 5.09. The lowest BCUT2D eigenvalue weighted by atomic mass is 9.89. The zero-order valence-electron chi connectivity index (χ0n) is 15.7. The van der Waals surface area contributed by atoms with Crippen LogP contribution in [0.2, 0.25) is 0 Å². The number of thioether (sulfide) groups is 1. The lowest BCUT2D eigenvalue weighted by Crippen LogP contribution is -2.69. The fourth-order valence-electron chi connectivity index (χ4n) is 3.07. The highest BCUT2D eigenvalue weighted by molar-refractivity contribution is 8.03. The van der Waals surface area contributed by atoms with Gasteiger partial charge in [-0.2, -0.15) is 0 Å². The second kappa shape index (κ2) is 7.71. The van der Waals surface area contributed by atoms with Crippen molar-refractivity contribution in [3.8, 4) is 0 Å². The van der Waals surface area contributed by atoms with Crippen LogP contribution in [0.15, 0.2) is 0 Å². The number of ether oxygens (including phenoxy) is 1. The number of hydrogen-bond donors (Lipinski definition) is 4. The molecule has 0 radical (unpaired) electrons. The van der Waals surface area contributed by atoms with E-state index < -0.39 is 30.4 Å². The van der Waals surface area contributed by atoms with Crippen molar-refractivity contribution in [2.24, 2.45) is 5.73 Å². The average molecular weight is 362 g/mol. The Morgan fingerprint density at radius 1 is 1.29 bits per heavy atom. The zero-order valence-corrected chi connectivity index (χ0v) is 15.5. The fourth-order valence-corrected chi connectivity index (χ4v) is 5.18. The molecule has 0 saturated carbocycles. The van der Waals surface area contributed by atoms with Gasteiger partial charge in [0.1, 0.15) is 6.04 Å². The summed E-state index contributed by atoms with van der Waals surface area (Å²) >= 11 is 1.77. The number of carboxylic acid groups (broad SMARTS) is 1. The number of nitrogens with one attached hydrogen (secondary N) is 2. The first-order valence-corrected chi connectivity index (χ1v) is 8.47. The smallest absolute Gasteiger partial charge is 0.305 e. The van der Waals surface area contributed by atoms with Crippen LogP contribution in [0.25, 0.3) is 1.43 Å². The van der Waals surface area contributed by atoms with Crippen LogP contribution in [-0.2, 0) is 19.1 Å². The van der Waals surface area contributed by atoms with Crippen molar-refractivity contribution in [3.05, 3.63) is 0 Å². The third-order valence-electron chi connectivity index (χ3n) is 3.89. The lowest BCUT2D eigenvalue weighted by molar-refractivity contribution is -0.139. The van der Waals surface area contributed by atoms with Crippen LogP contribution < -0.4 is 16.4 Å². The zero-order chi connectivity index (χ0) is 19.4. The van der Waals surface area contributed by atoms with Crippen molar-refractivity contribution >= 4 is 29.5 Å². The van der Waals surface area contributed by atoms with E-state index in [1.54, 1.807) is 11.8 Å². The standard InChI is InChI=1S/C15H27N3O5S/c1-14(2)13(15(3,4)24-14)18-12(22)9(7-23-5)17-11(21)8(16)6-10(19)20/h8-9,13H,6-7,16H2,1-5H3,(H,17,21)(H,18,22)(H,19,20)/t8-,9-/m0/s1/i/hD. The van der Waals surface area contributed by atoms with E-state index in [1.807, 2.05) is 27.7 Å². The van der Waals surface area contributed by atoms with Crippen LogP contribution >= 0.6 is 11.8 Å². The normalized spacial score (nSPS) is 21.7. The van der Waals surface area contributed by atoms with Gasteiger partial charge in [0.05, 0.1) is 25.1 Å². The van der Waals surface area contributed by atoms with E-state index in [-0.39, 0.29) is 28.0 Å². The summed E-state index contributed by atoms with van der Waals surface area (Å²) in [7, 11) is 1.41. The molecule has 1 aliphatic heterocycles. The predicted molar refractivity (Wildman–Crippen MR) is 91.7 cm³/mol. The van der Waals surface area contributed by atoms with E-state index in [2.05, 4.69) is 15.7 Å². The molecule has 0 aromatic heterocycles. The van der Waals surface area contributed by atoms with Gasteiger partial charge in [-0.05, 0) is 27.7 Å². The molecular weight excluding hydrogens is 334 g/mol. The number of carboxylic acids is 1. The van der Waals surface area contributed by atoms with E-state index in [9.17, 15) is 14.4 Å². The van der Waals surface area contributed by atoms with Gasteiger partial charge in [-0.15, -0.1) is 11.8 Å². The van der Waals surface area contributed by atoms with Crippen molar-refractivity contribution in [1.29, 1.82) is 1.43 Å². The lowest BCUT2D eigenvalue weighted by Gasteiger charge is -2.57. The molecule has 0 bridgehead atoms. The summed E-state index contributed by atoms with van der Waals surface area (Å²) in [5.41, 5.74) is 5.59. The Kier molecular flexibility index (Phi) is 6.11. The van der Waals surface area contributed by atoms with E-state index in [0.717, 1.165) is 0 Å². The Balaban J connectivity index is 2.70. The van der Waals surface area contributed by atoms with Gasteiger partial charge >= 0.3 is 5.97 Å². The van der Waals surface area contributed by atoms with E-state index in [1.165, 1.54) is 7.11 Å². The molecule has 1 fully saturated rings. The molecule has 0 aliphatic carbocycles. The number of methoxy groups -OCH3 is 1. The van der Waals surface area contributed by atoms with E-state index >= 15 is 0 Å². The highest BCUT2D eigenvalue weighted by Crippen LogP contribution is 2.54. The molecule has 1 aliphatic rings. The summed E-state index contributed by atoms with van der Waals surface area (Å²) in [4.78, 5) is 35.7. The van der Waals surface area contributed by atoms with Crippen molar-refractivity contribution in [3.63, 3.8) is 0 Å². The summed E-state index contributed by atoms with van der Waals surface area (Å²) in [6.45, 7) is 8.13. The highest BCUT2D eigenvalue weighted by atomic mass is 32.2. The van der Waals surface area contributed by atoms with Gasteiger partial charge in [0, 0.05) is 16.6 Å². The Hall–Kier alpha value is -1.32. The summed E-state index contributed by atoms with van der Waals surface area (Å²) in [5, 5.41) is 9.18. The second-order valence-electron chi connectivity index (χ2n) is 6.95. The fraction of sp³-hybridized carbons (Fsp3) is 0.800. The average Bonchev–Trinajstić information content (AvgIpc) is 2.50. The summed E-state index contributed by atoms with van der Waals surface area (Å²) in [6.07, 6.45) is -0.448. The monoisotopic (exact) mass is 362 g/mol. The number of nitrogens with two attached hydrogens (primary N) is 1. The van der Waals surface area contributed by atoms with Gasteiger partial charge in [-0.3, -0.25) is 14.4 Å². The van der Waals surface area contributed by atoms with Gasteiger partial charge in [0.25, 0.3) is 1.43 Å². The van der Waals surface area contributed by atoms with Crippen molar-refractivity contribution in [2.45, 2.75) is 61.7 Å². The van der Waals surface area contributed by atoms with Crippen molar-refractivity contribution in [1.82, 2.24) is 10.6 Å². The first kappa shape index (κ1) is 19.0. The van der Waals surface area contributed by atoms with Crippen LogP contribution in [0.1, 0.15) is 34.1 Å². The number of aliphatic carboxylic acids is 1. The molecule has 2 atom stereocenters. The molecule has 5 N–H and O–H groups in total. The van der Waals surface area contributed by atoms with E-state index in [4.69, 9.17) is 11.9 Å². The molecule has 0 unspecified atom stereocenters. The van der Waals surface area contributed by atoms with Crippen molar-refractivity contribution < 1.29 is 24.2 Å². The SMILES string of the molecule is [2H]OC(=O)C[C@H](N)C(=O)N[C@@H](COC)C(=O)NC1C(C)(C)SC1(C)C. The number of hydrogen-bond acceptors (Lipinski definition) is 7. The van der Waals surface area contributed by atoms with Gasteiger partial charge in [0.15, 0.2) is 0 Å². The Bertz CT molecular complexity index is 515. The van der Waals surface area contributed by atoms with Gasteiger partial charge in [0.2, 0.25) is 11.8 Å². The van der Waals surface area contributed by atoms with Gasteiger partial charge < -0.3 is 26.2 Å². The van der Waals surface area contributed by atoms with Crippen LogP contribution in [-0.4, -0.2) is 64.2 Å². The molecule has 1 rings (SSSR count). The number of rotatable bonds is 8. The van der Waals surface area contributed by atoms with Crippen LogP contribution in [0.3, 0.4) is 0 Å². The van der Waals surface area contributed by atoms with Gasteiger partial charge in [-0.1, -0.05) is 0 Å². The minimum Gasteiger partial charge on any atom is -0.481 e. The third-order valence-corrected chi connectivity index (χ3v) is 5.42. The summed E-state index contributed by atoms with van der Waals surface area (Å²) in [6, 6.07) is -2.22. The second-order valence-corrected chi connectivity index (χ2v) is 9.26. The topological polar surface area (TPSA) is 131 Å². The maximum absolute atomic E-state index is 12.6. The molecule has 1 saturated heterocycles. The molecule has 0 aromatic carbocycles. The molecule has 0 aromatic rings. The summed E-state index contributed by atoms with van der Waals surface area (Å²) in [5.74, 6) is -1.99. The van der Waals surface area contributed by atoms with Crippen LogP contribution in [0.4, 0.5) is 0 Å². The minimum absolute atomic E-state index is 0.0338. The first-order chi connectivity index (χ1) is 11.4. The Morgan fingerprint density at radius 2 is 1.88 bits per heavy atom. The number of amides is 2. The Labute approximate surface area is 147 Å². The summed E-state index contributed by atoms with van der Waals surface area (Å²) < 4.78 is 11.2. The minimum atomic E-state index is -1.21. The van der Waals surface area contributed by atoms with Gasteiger partial charge in [-0.25, -0.2) is 0 Å². The quantitative estimate of drug-likeness (QED) is 0.466. The molecular formula is C15H27N3O5S. The van der Waals surface area contributed by atoms with Crippen LogP contribution in [0.5, 0.6) is 0 Å². The molecule has 8 nitrogen and oxygen atoms in total. The number of carbonyl (C=O) groups is 3. The molecule has 2 amide bonds. The predicted octanol–water partition coefficient (Wildman–Crippen LogP) is -0.292. The molecule has 24 heavy (non-hydrogen) atoms. The molecule has 0 spiro atoms. The van der Waals surface area contributed by atoms with Crippen molar-refractivity contribution in [2.75, 3.05) is 13.7 Å². The maximum Gasteiger partial charge on any atom is 0.305 e. The maximum atomic E-state index is 12.6. The largest absolute Gasteiger partial charge is 0.481 e.